The van der Waals surface area contributed by atoms with Gasteiger partial charge in [0.2, 0.25) is 11.8 Å². The first-order valence-corrected chi connectivity index (χ1v) is 13.2. The molecule has 0 bridgehead atoms. The number of ether oxygens (including phenoxy) is 1. The fourth-order valence-electron chi connectivity index (χ4n) is 4.16. The van der Waals surface area contributed by atoms with Crippen molar-refractivity contribution in [2.75, 3.05) is 24.2 Å². The summed E-state index contributed by atoms with van der Waals surface area (Å²) < 4.78 is 31.6. The molecule has 1 saturated heterocycles. The Morgan fingerprint density at radius 1 is 1.11 bits per heavy atom. The number of piperidine rings is 1. The second-order valence-electron chi connectivity index (χ2n) is 8.60. The Balaban J connectivity index is 1.31. The second-order valence-corrected chi connectivity index (χ2v) is 10.6. The van der Waals surface area contributed by atoms with E-state index in [9.17, 15) is 13.5 Å². The van der Waals surface area contributed by atoms with Gasteiger partial charge in [0.25, 0.3) is 0 Å². The minimum Gasteiger partial charge on any atom is -0.471 e. The van der Waals surface area contributed by atoms with E-state index in [-0.39, 0.29) is 4.90 Å². The number of hydrogen-bond acceptors (Lipinski definition) is 9. The number of nitrogens with zero attached hydrogens (tertiary/aromatic N) is 6. The van der Waals surface area contributed by atoms with E-state index in [1.165, 1.54) is 12.6 Å². The van der Waals surface area contributed by atoms with E-state index < -0.39 is 22.0 Å². The standard InChI is InChI=1S/C24H26N6O4S/c1-3-16-12-25-24(26-13-16)29-8-7-21(20(31)14-29)34-23-11-22(27-15-28-23)30-9-6-17-10-18(35(2,32)33)4-5-19(17)30/h4-6,9-13,15,20-21,31H,3,7-8,14H2,1-2H3. The number of benzene rings is 1. The average molecular weight is 495 g/mol. The highest BCUT2D eigenvalue weighted by atomic mass is 32.2. The lowest BCUT2D eigenvalue weighted by atomic mass is 10.1. The molecule has 1 N–H and O–H groups in total. The number of rotatable bonds is 6. The third-order valence-corrected chi connectivity index (χ3v) is 7.25. The van der Waals surface area contributed by atoms with Gasteiger partial charge in [-0.1, -0.05) is 6.92 Å². The van der Waals surface area contributed by atoms with Crippen LogP contribution < -0.4 is 9.64 Å². The maximum Gasteiger partial charge on any atom is 0.225 e. The molecule has 0 radical (unpaired) electrons. The van der Waals surface area contributed by atoms with E-state index >= 15 is 0 Å². The molecule has 182 valence electrons. The topological polar surface area (TPSA) is 123 Å². The van der Waals surface area contributed by atoms with E-state index in [4.69, 9.17) is 4.74 Å². The Hall–Kier alpha value is -3.57. The minimum absolute atomic E-state index is 0.265. The molecule has 35 heavy (non-hydrogen) atoms. The van der Waals surface area contributed by atoms with Crippen molar-refractivity contribution in [2.24, 2.45) is 0 Å². The summed E-state index contributed by atoms with van der Waals surface area (Å²) in [4.78, 5) is 19.6. The zero-order chi connectivity index (χ0) is 24.6. The highest BCUT2D eigenvalue weighted by Crippen LogP contribution is 2.25. The van der Waals surface area contributed by atoms with Crippen LogP contribution in [0.4, 0.5) is 5.95 Å². The molecule has 0 spiro atoms. The maximum absolute atomic E-state index is 11.9. The van der Waals surface area contributed by atoms with Crippen LogP contribution in [0.3, 0.4) is 0 Å². The van der Waals surface area contributed by atoms with E-state index in [1.54, 1.807) is 24.3 Å². The largest absolute Gasteiger partial charge is 0.471 e. The molecular formula is C24H26N6O4S. The molecule has 1 fully saturated rings. The van der Waals surface area contributed by atoms with Crippen LogP contribution in [-0.4, -0.2) is 69.6 Å². The van der Waals surface area contributed by atoms with Gasteiger partial charge in [0, 0.05) is 49.3 Å². The fourth-order valence-corrected chi connectivity index (χ4v) is 4.81. The van der Waals surface area contributed by atoms with Crippen molar-refractivity contribution in [2.45, 2.75) is 36.9 Å². The summed E-state index contributed by atoms with van der Waals surface area (Å²) in [7, 11) is -3.29. The van der Waals surface area contributed by atoms with Gasteiger partial charge in [0.1, 0.15) is 24.4 Å². The van der Waals surface area contributed by atoms with Gasteiger partial charge in [-0.15, -0.1) is 0 Å². The number of aliphatic hydroxyl groups is 1. The van der Waals surface area contributed by atoms with E-state index in [0.717, 1.165) is 22.9 Å². The van der Waals surface area contributed by atoms with E-state index in [2.05, 4.69) is 26.9 Å². The first-order valence-electron chi connectivity index (χ1n) is 11.4. The Labute approximate surface area is 203 Å². The van der Waals surface area contributed by atoms with Crippen molar-refractivity contribution in [1.82, 2.24) is 24.5 Å². The summed E-state index contributed by atoms with van der Waals surface area (Å²) in [5.41, 5.74) is 1.88. The van der Waals surface area contributed by atoms with Gasteiger partial charge in [-0.2, -0.15) is 0 Å². The molecule has 11 heteroatoms. The van der Waals surface area contributed by atoms with Gasteiger partial charge in [0.15, 0.2) is 9.84 Å². The van der Waals surface area contributed by atoms with Gasteiger partial charge in [-0.05, 0) is 36.2 Å². The number of sulfone groups is 1. The average Bonchev–Trinajstić information content (AvgIpc) is 3.28. The van der Waals surface area contributed by atoms with Crippen molar-refractivity contribution in [3.8, 4) is 11.7 Å². The summed E-state index contributed by atoms with van der Waals surface area (Å²) in [5, 5.41) is 11.5. The van der Waals surface area contributed by atoms with Crippen LogP contribution in [0.1, 0.15) is 18.9 Å². The lowest BCUT2D eigenvalue weighted by Gasteiger charge is -2.35. The molecule has 1 aliphatic rings. The molecule has 0 aliphatic carbocycles. The van der Waals surface area contributed by atoms with Crippen molar-refractivity contribution in [3.63, 3.8) is 0 Å². The summed E-state index contributed by atoms with van der Waals surface area (Å²) in [6, 6.07) is 8.51. The Morgan fingerprint density at radius 2 is 1.91 bits per heavy atom. The predicted octanol–water partition coefficient (Wildman–Crippen LogP) is 2.19. The summed E-state index contributed by atoms with van der Waals surface area (Å²) in [6.07, 6.45) is 8.33. The Bertz CT molecular complexity index is 1450. The van der Waals surface area contributed by atoms with Gasteiger partial charge in [0.05, 0.1) is 17.0 Å². The number of β-amino-alcohol motifs (C(OH)–C–C–N with tert-alkyl or cyclic N) is 1. The summed E-state index contributed by atoms with van der Waals surface area (Å²) >= 11 is 0. The summed E-state index contributed by atoms with van der Waals surface area (Å²) in [6.45, 7) is 3.06. The third-order valence-electron chi connectivity index (χ3n) is 6.14. The van der Waals surface area contributed by atoms with Crippen LogP contribution in [0.2, 0.25) is 0 Å². The molecule has 0 saturated carbocycles. The normalized spacial score (nSPS) is 18.7. The fraction of sp³-hybridized carbons (Fsp3) is 0.333. The zero-order valence-electron chi connectivity index (χ0n) is 19.4. The van der Waals surface area contributed by atoms with Gasteiger partial charge >= 0.3 is 0 Å². The molecule has 5 rings (SSSR count). The molecule has 0 amide bonds. The number of anilines is 1. The van der Waals surface area contributed by atoms with Crippen LogP contribution in [-0.2, 0) is 16.3 Å². The van der Waals surface area contributed by atoms with Crippen LogP contribution in [0.5, 0.6) is 5.88 Å². The molecule has 1 aliphatic heterocycles. The van der Waals surface area contributed by atoms with Crippen molar-refractivity contribution >= 4 is 26.7 Å². The summed E-state index contributed by atoms with van der Waals surface area (Å²) in [5.74, 6) is 1.53. The molecule has 4 aromatic rings. The number of fused-ring (bicyclic) bond motifs is 1. The number of aliphatic hydroxyl groups excluding tert-OH is 1. The van der Waals surface area contributed by atoms with Crippen LogP contribution in [0.25, 0.3) is 16.7 Å². The Kier molecular flexibility index (Phi) is 6.12. The first-order chi connectivity index (χ1) is 16.8. The molecule has 1 aromatic carbocycles. The van der Waals surface area contributed by atoms with E-state index in [0.29, 0.717) is 37.2 Å². The third kappa shape index (κ3) is 4.82. The monoisotopic (exact) mass is 494 g/mol. The highest BCUT2D eigenvalue weighted by molar-refractivity contribution is 7.90. The van der Waals surface area contributed by atoms with Crippen molar-refractivity contribution in [1.29, 1.82) is 0 Å². The van der Waals surface area contributed by atoms with Gasteiger partial charge in [-0.25, -0.2) is 28.4 Å². The molecule has 10 nitrogen and oxygen atoms in total. The first kappa shape index (κ1) is 23.2. The number of aromatic nitrogens is 5. The molecular weight excluding hydrogens is 468 g/mol. The SMILES string of the molecule is CCc1cnc(N2CCC(Oc3cc(-n4ccc5cc(S(C)(=O)=O)ccc54)ncn3)C(O)C2)nc1. The molecule has 4 heterocycles. The van der Waals surface area contributed by atoms with Crippen molar-refractivity contribution < 1.29 is 18.3 Å². The van der Waals surface area contributed by atoms with Crippen molar-refractivity contribution in [3.05, 3.63) is 60.8 Å². The van der Waals surface area contributed by atoms with Crippen LogP contribution >= 0.6 is 0 Å². The highest BCUT2D eigenvalue weighted by Gasteiger charge is 2.31. The molecule has 2 atom stereocenters. The zero-order valence-corrected chi connectivity index (χ0v) is 20.3. The predicted molar refractivity (Wildman–Crippen MR) is 131 cm³/mol. The molecule has 2 unspecified atom stereocenters. The second kappa shape index (κ2) is 9.23. The smallest absolute Gasteiger partial charge is 0.225 e. The maximum atomic E-state index is 11.9. The van der Waals surface area contributed by atoms with E-state index in [1.807, 2.05) is 34.1 Å². The van der Waals surface area contributed by atoms with Crippen LogP contribution in [0, 0.1) is 0 Å². The van der Waals surface area contributed by atoms with Crippen LogP contribution in [0.15, 0.2) is 60.1 Å². The Morgan fingerprint density at radius 3 is 2.63 bits per heavy atom. The lowest BCUT2D eigenvalue weighted by molar-refractivity contribution is 0.0212. The number of hydrogen-bond donors (Lipinski definition) is 1. The minimum atomic E-state index is -3.29. The molecule has 3 aromatic heterocycles. The van der Waals surface area contributed by atoms with Gasteiger partial charge in [-0.3, -0.25) is 0 Å². The quantitative estimate of drug-likeness (QED) is 0.430. The lowest BCUT2D eigenvalue weighted by Crippen LogP contribution is -2.49. The van der Waals surface area contributed by atoms with Gasteiger partial charge < -0.3 is 19.3 Å². The number of aryl methyl sites for hydroxylation is 1.